The summed E-state index contributed by atoms with van der Waals surface area (Å²) in [6.07, 6.45) is 0. The van der Waals surface area contributed by atoms with Crippen molar-refractivity contribution in [1.82, 2.24) is 0 Å². The van der Waals surface area contributed by atoms with Gasteiger partial charge in [0.15, 0.2) is 5.78 Å². The van der Waals surface area contributed by atoms with Gasteiger partial charge in [-0.15, -0.1) is 0 Å². The first-order valence-electron chi connectivity index (χ1n) is 8.22. The van der Waals surface area contributed by atoms with Gasteiger partial charge < -0.3 is 10.4 Å². The number of phenolic OH excluding ortho intramolecular Hbond substituents is 1. The molecule has 3 aromatic carbocycles. The van der Waals surface area contributed by atoms with Crippen molar-refractivity contribution in [3.05, 3.63) is 81.8 Å². The Labute approximate surface area is 172 Å². The molecule has 0 bridgehead atoms. The maximum absolute atomic E-state index is 11.7. The van der Waals surface area contributed by atoms with Crippen molar-refractivity contribution in [1.29, 1.82) is 0 Å². The van der Waals surface area contributed by atoms with E-state index in [-0.39, 0.29) is 22.1 Å². The van der Waals surface area contributed by atoms with Crippen LogP contribution in [0.3, 0.4) is 0 Å². The number of nitrogens with one attached hydrogen (secondary N) is 1. The second-order valence-corrected chi connectivity index (χ2v) is 7.89. The number of phenols is 1. The van der Waals surface area contributed by atoms with Crippen LogP contribution >= 0.6 is 35.0 Å². The minimum Gasteiger partial charge on any atom is -0.506 e. The van der Waals surface area contributed by atoms with Crippen molar-refractivity contribution in [3.8, 4) is 5.75 Å². The van der Waals surface area contributed by atoms with E-state index in [2.05, 4.69) is 11.4 Å². The van der Waals surface area contributed by atoms with E-state index in [0.717, 1.165) is 15.4 Å². The Morgan fingerprint density at radius 3 is 2.48 bits per heavy atom. The Morgan fingerprint density at radius 2 is 1.78 bits per heavy atom. The summed E-state index contributed by atoms with van der Waals surface area (Å²) < 4.78 is 0. The summed E-state index contributed by atoms with van der Waals surface area (Å²) in [4.78, 5) is 13.9. The molecule has 2 N–H and O–H groups in total. The molecular weight excluding hydrogens is 401 g/mol. The molecule has 0 aromatic heterocycles. The number of rotatable bonds is 6. The molecular formula is C21H17Cl2NO2S. The number of benzene rings is 3. The van der Waals surface area contributed by atoms with Gasteiger partial charge in [0.05, 0.1) is 10.6 Å². The molecule has 0 aliphatic heterocycles. The zero-order chi connectivity index (χ0) is 19.4. The number of anilines is 1. The zero-order valence-electron chi connectivity index (χ0n) is 14.5. The zero-order valence-corrected chi connectivity index (χ0v) is 16.8. The lowest BCUT2D eigenvalue weighted by molar-refractivity contribution is 0.101. The highest BCUT2D eigenvalue weighted by Crippen LogP contribution is 2.34. The van der Waals surface area contributed by atoms with Crippen LogP contribution in [0.1, 0.15) is 22.8 Å². The van der Waals surface area contributed by atoms with Crippen LogP contribution in [0.25, 0.3) is 0 Å². The summed E-state index contributed by atoms with van der Waals surface area (Å²) in [6.45, 7) is 1.95. The largest absolute Gasteiger partial charge is 0.506 e. The van der Waals surface area contributed by atoms with Crippen molar-refractivity contribution in [2.75, 3.05) is 5.32 Å². The normalized spacial score (nSPS) is 10.6. The number of aromatic hydroxyl groups is 1. The molecule has 0 saturated heterocycles. The average molecular weight is 418 g/mol. The number of hydrogen-bond acceptors (Lipinski definition) is 4. The van der Waals surface area contributed by atoms with Gasteiger partial charge in [-0.1, -0.05) is 53.2 Å². The van der Waals surface area contributed by atoms with Crippen LogP contribution in [0.5, 0.6) is 5.75 Å². The highest BCUT2D eigenvalue weighted by molar-refractivity contribution is 7.99. The van der Waals surface area contributed by atoms with E-state index < -0.39 is 0 Å². The Kier molecular flexibility index (Phi) is 6.32. The predicted molar refractivity (Wildman–Crippen MR) is 112 cm³/mol. The first-order chi connectivity index (χ1) is 12.9. The minimum atomic E-state index is -0.239. The Bertz CT molecular complexity index is 974. The van der Waals surface area contributed by atoms with Crippen LogP contribution in [0.15, 0.2) is 70.5 Å². The van der Waals surface area contributed by atoms with E-state index in [0.29, 0.717) is 17.3 Å². The summed E-state index contributed by atoms with van der Waals surface area (Å²) in [5.74, 6) is -0.426. The second kappa shape index (κ2) is 8.70. The summed E-state index contributed by atoms with van der Waals surface area (Å²) in [5, 5.41) is 14.0. The minimum absolute atomic E-state index is 0.147. The van der Waals surface area contributed by atoms with Gasteiger partial charge in [0.1, 0.15) is 5.75 Å². The topological polar surface area (TPSA) is 49.3 Å². The van der Waals surface area contributed by atoms with Crippen molar-refractivity contribution in [2.24, 2.45) is 0 Å². The van der Waals surface area contributed by atoms with Crippen molar-refractivity contribution < 1.29 is 9.90 Å². The van der Waals surface area contributed by atoms with E-state index in [1.54, 1.807) is 23.9 Å². The molecule has 6 heteroatoms. The molecule has 0 fully saturated rings. The molecule has 0 spiro atoms. The monoisotopic (exact) mass is 417 g/mol. The summed E-state index contributed by atoms with van der Waals surface area (Å²) >= 11 is 13.6. The quantitative estimate of drug-likeness (QED) is 0.347. The van der Waals surface area contributed by atoms with Crippen LogP contribution in [-0.4, -0.2) is 10.9 Å². The van der Waals surface area contributed by atoms with Crippen LogP contribution in [0.2, 0.25) is 10.0 Å². The fraction of sp³-hybridized carbons (Fsp3) is 0.0952. The first-order valence-corrected chi connectivity index (χ1v) is 9.80. The standard InChI is InChI=1S/C21H17Cl2NO2S/c1-13(25)18-10-16(11-19(23)21(18)26)24-12-14-4-2-3-5-20(14)27-17-8-6-15(22)7-9-17/h2-11,24,26H,12H2,1H3. The number of carbonyl (C=O) groups excluding carboxylic acids is 1. The van der Waals surface area contributed by atoms with Gasteiger partial charge >= 0.3 is 0 Å². The third-order valence-electron chi connectivity index (χ3n) is 3.94. The lowest BCUT2D eigenvalue weighted by atomic mass is 10.1. The maximum Gasteiger partial charge on any atom is 0.163 e. The molecule has 0 saturated carbocycles. The first kappa shape index (κ1) is 19.6. The summed E-state index contributed by atoms with van der Waals surface area (Å²) in [7, 11) is 0. The highest BCUT2D eigenvalue weighted by atomic mass is 35.5. The fourth-order valence-electron chi connectivity index (χ4n) is 2.55. The van der Waals surface area contributed by atoms with Gasteiger partial charge in [-0.25, -0.2) is 0 Å². The number of carbonyl (C=O) groups is 1. The number of hydrogen-bond donors (Lipinski definition) is 2. The molecule has 0 aliphatic rings. The third kappa shape index (κ3) is 4.98. The number of halogens is 2. The smallest absolute Gasteiger partial charge is 0.163 e. The van der Waals surface area contributed by atoms with Crippen molar-refractivity contribution in [3.63, 3.8) is 0 Å². The highest BCUT2D eigenvalue weighted by Gasteiger charge is 2.12. The van der Waals surface area contributed by atoms with E-state index in [4.69, 9.17) is 23.2 Å². The molecule has 0 amide bonds. The molecule has 0 heterocycles. The van der Waals surface area contributed by atoms with Gasteiger partial charge in [-0.2, -0.15) is 0 Å². The molecule has 3 nitrogen and oxygen atoms in total. The van der Waals surface area contributed by atoms with Gasteiger partial charge in [-0.3, -0.25) is 4.79 Å². The molecule has 27 heavy (non-hydrogen) atoms. The number of Topliss-reactive ketones (excluding diaryl/α,β-unsaturated/α-hetero) is 1. The molecule has 3 rings (SSSR count). The Balaban J connectivity index is 1.79. The third-order valence-corrected chi connectivity index (χ3v) is 5.61. The SMILES string of the molecule is CC(=O)c1cc(NCc2ccccc2Sc2ccc(Cl)cc2)cc(Cl)c1O. The fourth-order valence-corrected chi connectivity index (χ4v) is 3.84. The Hall–Kier alpha value is -2.14. The van der Waals surface area contributed by atoms with Crippen LogP contribution in [0.4, 0.5) is 5.69 Å². The van der Waals surface area contributed by atoms with E-state index in [1.165, 1.54) is 6.92 Å². The lowest BCUT2D eigenvalue weighted by Crippen LogP contribution is -2.03. The predicted octanol–water partition coefficient (Wildman–Crippen LogP) is 6.66. The second-order valence-electron chi connectivity index (χ2n) is 5.93. The van der Waals surface area contributed by atoms with Gasteiger partial charge in [0.25, 0.3) is 0 Å². The van der Waals surface area contributed by atoms with Crippen LogP contribution in [-0.2, 0) is 6.54 Å². The molecule has 0 radical (unpaired) electrons. The van der Waals surface area contributed by atoms with E-state index in [1.807, 2.05) is 42.5 Å². The van der Waals surface area contributed by atoms with Gasteiger partial charge in [0.2, 0.25) is 0 Å². The molecule has 0 aliphatic carbocycles. The average Bonchev–Trinajstić information content (AvgIpc) is 2.65. The van der Waals surface area contributed by atoms with E-state index in [9.17, 15) is 9.90 Å². The maximum atomic E-state index is 11.7. The molecule has 0 unspecified atom stereocenters. The summed E-state index contributed by atoms with van der Waals surface area (Å²) in [6, 6.07) is 19.0. The van der Waals surface area contributed by atoms with Crippen LogP contribution in [0, 0.1) is 0 Å². The number of ketones is 1. The summed E-state index contributed by atoms with van der Waals surface area (Å²) in [5.41, 5.74) is 1.98. The van der Waals surface area contributed by atoms with Crippen molar-refractivity contribution >= 4 is 46.4 Å². The molecule has 138 valence electrons. The molecule has 3 aromatic rings. The van der Waals surface area contributed by atoms with Crippen molar-refractivity contribution in [2.45, 2.75) is 23.3 Å². The molecule has 0 atom stereocenters. The van der Waals surface area contributed by atoms with E-state index >= 15 is 0 Å². The van der Waals surface area contributed by atoms with Gasteiger partial charge in [0, 0.05) is 27.0 Å². The lowest BCUT2D eigenvalue weighted by Gasteiger charge is -2.13. The van der Waals surface area contributed by atoms with Crippen LogP contribution < -0.4 is 5.32 Å². The van der Waals surface area contributed by atoms with Gasteiger partial charge in [-0.05, 0) is 55.0 Å². The Morgan fingerprint density at radius 1 is 1.07 bits per heavy atom.